The summed E-state index contributed by atoms with van der Waals surface area (Å²) in [6.45, 7) is 2.97. The molecule has 2 aromatic rings. The molecule has 0 amide bonds. The Morgan fingerprint density at radius 1 is 1.38 bits per heavy atom. The highest BCUT2D eigenvalue weighted by molar-refractivity contribution is 7.89. The largest absolute Gasteiger partial charge is 0.331 e. The highest BCUT2D eigenvalue weighted by atomic mass is 35.5. The molecule has 21 heavy (non-hydrogen) atoms. The second-order valence-electron chi connectivity index (χ2n) is 5.22. The fourth-order valence-corrected chi connectivity index (χ4v) is 3.82. The second-order valence-corrected chi connectivity index (χ2v) is 7.38. The lowest BCUT2D eigenvalue weighted by Crippen LogP contribution is -2.30. The van der Waals surface area contributed by atoms with Crippen molar-refractivity contribution in [2.24, 2.45) is 5.92 Å². The lowest BCUT2D eigenvalue weighted by atomic mass is 10.3. The highest BCUT2D eigenvalue weighted by Gasteiger charge is 2.14. The summed E-state index contributed by atoms with van der Waals surface area (Å²) in [6, 6.07) is 7.89. The Labute approximate surface area is 130 Å². The van der Waals surface area contributed by atoms with Crippen LogP contribution in [0, 0.1) is 5.92 Å². The third-order valence-corrected chi connectivity index (χ3v) is 5.37. The Kier molecular flexibility index (Phi) is 5.61. The molecule has 0 saturated carbocycles. The molecule has 1 unspecified atom stereocenters. The van der Waals surface area contributed by atoms with E-state index < -0.39 is 10.0 Å². The van der Waals surface area contributed by atoms with Gasteiger partial charge in [-0.1, -0.05) is 19.1 Å². The number of hydrogen-bond donors (Lipinski definition) is 1. The average molecular weight is 330 g/mol. The van der Waals surface area contributed by atoms with Crippen LogP contribution in [0.2, 0.25) is 0 Å². The van der Waals surface area contributed by atoms with Crippen molar-refractivity contribution in [3.63, 3.8) is 0 Å². The number of imidazole rings is 1. The number of nitrogens with one attached hydrogen (secondary N) is 1. The van der Waals surface area contributed by atoms with E-state index in [4.69, 9.17) is 11.6 Å². The number of alkyl halides is 1. The van der Waals surface area contributed by atoms with Gasteiger partial charge in [-0.3, -0.25) is 0 Å². The number of halogens is 1. The smallest absolute Gasteiger partial charge is 0.211 e. The SMILES string of the molecule is CC(CCl)CS(=O)(=O)NCCCn1cnc2ccccc21. The third-order valence-electron chi connectivity index (χ3n) is 3.19. The number of fused-ring (bicyclic) bond motifs is 1. The average Bonchev–Trinajstić information content (AvgIpc) is 2.86. The molecule has 0 aliphatic carbocycles. The van der Waals surface area contributed by atoms with Crippen molar-refractivity contribution in [2.75, 3.05) is 18.2 Å². The van der Waals surface area contributed by atoms with Crippen molar-refractivity contribution in [1.29, 1.82) is 0 Å². The van der Waals surface area contributed by atoms with Crippen molar-refractivity contribution in [1.82, 2.24) is 14.3 Å². The first-order valence-corrected chi connectivity index (χ1v) is 9.13. The van der Waals surface area contributed by atoms with Crippen molar-refractivity contribution in [3.05, 3.63) is 30.6 Å². The van der Waals surface area contributed by atoms with Gasteiger partial charge in [-0.2, -0.15) is 0 Å². The van der Waals surface area contributed by atoms with Crippen LogP contribution < -0.4 is 4.72 Å². The number of para-hydroxylation sites is 2. The van der Waals surface area contributed by atoms with Gasteiger partial charge in [0.15, 0.2) is 0 Å². The molecule has 0 saturated heterocycles. The molecule has 0 aliphatic rings. The molecular weight excluding hydrogens is 310 g/mol. The molecule has 116 valence electrons. The summed E-state index contributed by atoms with van der Waals surface area (Å²) in [6.07, 6.45) is 2.50. The molecule has 2 rings (SSSR count). The molecule has 7 heteroatoms. The molecule has 0 spiro atoms. The number of hydrogen-bond acceptors (Lipinski definition) is 3. The van der Waals surface area contributed by atoms with E-state index in [1.54, 1.807) is 6.33 Å². The van der Waals surface area contributed by atoms with Gasteiger partial charge in [-0.25, -0.2) is 18.1 Å². The van der Waals surface area contributed by atoms with Crippen molar-refractivity contribution >= 4 is 32.7 Å². The van der Waals surface area contributed by atoms with Gasteiger partial charge in [-0.05, 0) is 24.5 Å². The van der Waals surface area contributed by atoms with Gasteiger partial charge in [0.1, 0.15) is 0 Å². The van der Waals surface area contributed by atoms with E-state index in [1.165, 1.54) is 0 Å². The fourth-order valence-electron chi connectivity index (χ4n) is 2.14. The van der Waals surface area contributed by atoms with Gasteiger partial charge in [0.25, 0.3) is 0 Å². The Morgan fingerprint density at radius 3 is 2.90 bits per heavy atom. The van der Waals surface area contributed by atoms with Crippen LogP contribution in [0.4, 0.5) is 0 Å². The van der Waals surface area contributed by atoms with Gasteiger partial charge < -0.3 is 4.57 Å². The normalized spacial score (nSPS) is 13.6. The summed E-state index contributed by atoms with van der Waals surface area (Å²) in [7, 11) is -3.24. The Morgan fingerprint density at radius 2 is 2.14 bits per heavy atom. The first-order valence-electron chi connectivity index (χ1n) is 6.95. The van der Waals surface area contributed by atoms with Gasteiger partial charge in [0.2, 0.25) is 10.0 Å². The maximum atomic E-state index is 11.8. The van der Waals surface area contributed by atoms with Gasteiger partial charge >= 0.3 is 0 Å². The van der Waals surface area contributed by atoms with E-state index in [0.717, 1.165) is 24.0 Å². The summed E-state index contributed by atoms with van der Waals surface area (Å²) in [4.78, 5) is 4.31. The minimum Gasteiger partial charge on any atom is -0.331 e. The summed E-state index contributed by atoms with van der Waals surface area (Å²) in [5, 5.41) is 0. The minimum absolute atomic E-state index is 0.0400. The summed E-state index contributed by atoms with van der Waals surface area (Å²) < 4.78 is 28.2. The number of aromatic nitrogens is 2. The Bertz CT molecular complexity index is 684. The molecule has 1 heterocycles. The van der Waals surface area contributed by atoms with Crippen molar-refractivity contribution < 1.29 is 8.42 Å². The number of benzene rings is 1. The number of aryl methyl sites for hydroxylation is 1. The monoisotopic (exact) mass is 329 g/mol. The van der Waals surface area contributed by atoms with Crippen LogP contribution in [0.1, 0.15) is 13.3 Å². The molecule has 0 bridgehead atoms. The summed E-state index contributed by atoms with van der Waals surface area (Å²) in [5.74, 6) is 0.383. The summed E-state index contributed by atoms with van der Waals surface area (Å²) in [5.41, 5.74) is 2.02. The van der Waals surface area contributed by atoms with E-state index in [0.29, 0.717) is 12.4 Å². The minimum atomic E-state index is -3.24. The molecule has 0 fully saturated rings. The fraction of sp³-hybridized carbons (Fsp3) is 0.500. The van der Waals surface area contributed by atoms with Crippen molar-refractivity contribution in [2.45, 2.75) is 19.9 Å². The molecule has 1 aromatic carbocycles. The Hall–Kier alpha value is -1.11. The predicted molar refractivity (Wildman–Crippen MR) is 86.0 cm³/mol. The van der Waals surface area contributed by atoms with Gasteiger partial charge in [-0.15, -0.1) is 11.6 Å². The zero-order chi connectivity index (χ0) is 15.3. The van der Waals surface area contributed by atoms with Crippen LogP contribution in [0.5, 0.6) is 0 Å². The van der Waals surface area contributed by atoms with Crippen LogP contribution in [0.3, 0.4) is 0 Å². The van der Waals surface area contributed by atoms with E-state index in [9.17, 15) is 8.42 Å². The van der Waals surface area contributed by atoms with Gasteiger partial charge in [0, 0.05) is 19.0 Å². The standard InChI is InChI=1S/C14H20ClN3O2S/c1-12(9-15)10-21(19,20)17-7-4-8-18-11-16-13-5-2-3-6-14(13)18/h2-3,5-6,11-12,17H,4,7-10H2,1H3. The maximum Gasteiger partial charge on any atom is 0.211 e. The van der Waals surface area contributed by atoms with E-state index in [1.807, 2.05) is 35.8 Å². The molecule has 1 N–H and O–H groups in total. The molecule has 0 radical (unpaired) electrons. The number of sulfonamides is 1. The van der Waals surface area contributed by atoms with E-state index in [2.05, 4.69) is 9.71 Å². The zero-order valence-corrected chi connectivity index (χ0v) is 13.6. The first kappa shape index (κ1) is 16.3. The second kappa shape index (κ2) is 7.24. The Balaban J connectivity index is 1.82. The lowest BCUT2D eigenvalue weighted by molar-refractivity contribution is 0.560. The predicted octanol–water partition coefficient (Wildman–Crippen LogP) is 2.22. The number of nitrogens with zero attached hydrogens (tertiary/aromatic N) is 2. The van der Waals surface area contributed by atoms with Crippen molar-refractivity contribution in [3.8, 4) is 0 Å². The first-order chi connectivity index (χ1) is 10.0. The van der Waals surface area contributed by atoms with E-state index in [-0.39, 0.29) is 11.7 Å². The molecule has 5 nitrogen and oxygen atoms in total. The number of rotatable bonds is 8. The maximum absolute atomic E-state index is 11.8. The van der Waals surface area contributed by atoms with Crippen LogP contribution in [-0.4, -0.2) is 36.1 Å². The van der Waals surface area contributed by atoms with Crippen LogP contribution in [0.25, 0.3) is 11.0 Å². The van der Waals surface area contributed by atoms with Crippen LogP contribution >= 0.6 is 11.6 Å². The van der Waals surface area contributed by atoms with E-state index >= 15 is 0 Å². The topological polar surface area (TPSA) is 64.0 Å². The van der Waals surface area contributed by atoms with Gasteiger partial charge in [0.05, 0.1) is 23.1 Å². The molecule has 0 aliphatic heterocycles. The van der Waals surface area contributed by atoms with Crippen LogP contribution in [-0.2, 0) is 16.6 Å². The quantitative estimate of drug-likeness (QED) is 0.596. The van der Waals surface area contributed by atoms with Crippen LogP contribution in [0.15, 0.2) is 30.6 Å². The summed E-state index contributed by atoms with van der Waals surface area (Å²) >= 11 is 5.64. The zero-order valence-electron chi connectivity index (χ0n) is 12.0. The molecule has 1 aromatic heterocycles. The lowest BCUT2D eigenvalue weighted by Gasteiger charge is -2.10. The third kappa shape index (κ3) is 4.69. The molecular formula is C14H20ClN3O2S. The molecule has 1 atom stereocenters. The highest BCUT2D eigenvalue weighted by Crippen LogP contribution is 2.12.